The van der Waals surface area contributed by atoms with Gasteiger partial charge in [-0.2, -0.15) is 0 Å². The molecule has 174 valence electrons. The number of carbonyl (C=O) groups excluding carboxylic acids is 2. The van der Waals surface area contributed by atoms with Crippen LogP contribution < -0.4 is 9.47 Å². The minimum atomic E-state index is -0.289. The number of benzene rings is 3. The van der Waals surface area contributed by atoms with E-state index in [2.05, 4.69) is 0 Å². The second kappa shape index (κ2) is 11.3. The van der Waals surface area contributed by atoms with Gasteiger partial charge in [-0.3, -0.25) is 14.5 Å². The molecule has 0 atom stereocenters. The van der Waals surface area contributed by atoms with Gasteiger partial charge in [0.25, 0.3) is 11.1 Å². The molecule has 2 amide bonds. The molecule has 1 fully saturated rings. The maximum Gasteiger partial charge on any atom is 0.293 e. The van der Waals surface area contributed by atoms with E-state index in [0.29, 0.717) is 46.6 Å². The summed E-state index contributed by atoms with van der Waals surface area (Å²) in [5.74, 6) is 0.596. The van der Waals surface area contributed by atoms with Gasteiger partial charge in [-0.1, -0.05) is 72.3 Å². The molecule has 34 heavy (non-hydrogen) atoms. The maximum absolute atomic E-state index is 12.9. The highest BCUT2D eigenvalue weighted by Gasteiger charge is 2.34. The highest BCUT2D eigenvalue weighted by atomic mass is 35.5. The van der Waals surface area contributed by atoms with Crippen molar-refractivity contribution in [2.75, 3.05) is 13.7 Å². The number of amides is 2. The number of halogens is 1. The number of thioether (sulfide) groups is 1. The van der Waals surface area contributed by atoms with E-state index in [4.69, 9.17) is 21.1 Å². The van der Waals surface area contributed by atoms with Crippen LogP contribution in [0.15, 0.2) is 77.7 Å². The van der Waals surface area contributed by atoms with Crippen LogP contribution in [-0.4, -0.2) is 29.7 Å². The Morgan fingerprint density at radius 1 is 0.971 bits per heavy atom. The summed E-state index contributed by atoms with van der Waals surface area (Å²) in [7, 11) is 1.53. The molecule has 1 heterocycles. The Labute approximate surface area is 208 Å². The summed E-state index contributed by atoms with van der Waals surface area (Å²) < 4.78 is 11.4. The first-order valence-corrected chi connectivity index (χ1v) is 12.1. The van der Waals surface area contributed by atoms with E-state index in [1.165, 1.54) is 17.6 Å². The summed E-state index contributed by atoms with van der Waals surface area (Å²) in [4.78, 5) is 27.0. The first-order chi connectivity index (χ1) is 16.5. The Kier molecular flexibility index (Phi) is 7.93. The third-order valence-electron chi connectivity index (χ3n) is 5.34. The SMILES string of the molecule is COc1cc(/C=C2/SC(=O)N(CCCc3ccccc3)C2=O)cc(Cl)c1OCc1ccccc1. The number of imide groups is 1. The predicted octanol–water partition coefficient (Wildman–Crippen LogP) is 6.60. The van der Waals surface area contributed by atoms with E-state index in [1.807, 2.05) is 60.7 Å². The first-order valence-electron chi connectivity index (χ1n) is 10.9. The summed E-state index contributed by atoms with van der Waals surface area (Å²) >= 11 is 7.42. The highest BCUT2D eigenvalue weighted by molar-refractivity contribution is 8.18. The summed E-state index contributed by atoms with van der Waals surface area (Å²) in [5, 5.41) is 0.105. The van der Waals surface area contributed by atoms with Crippen molar-refractivity contribution in [3.05, 3.63) is 99.4 Å². The van der Waals surface area contributed by atoms with Crippen molar-refractivity contribution in [2.45, 2.75) is 19.4 Å². The maximum atomic E-state index is 12.9. The second-order valence-corrected chi connectivity index (χ2v) is 9.13. The topological polar surface area (TPSA) is 55.8 Å². The van der Waals surface area contributed by atoms with E-state index in [0.717, 1.165) is 23.7 Å². The van der Waals surface area contributed by atoms with Gasteiger partial charge in [0.1, 0.15) is 6.61 Å². The van der Waals surface area contributed by atoms with Crippen molar-refractivity contribution in [2.24, 2.45) is 0 Å². The largest absolute Gasteiger partial charge is 0.493 e. The minimum absolute atomic E-state index is 0.259. The fraction of sp³-hybridized carbons (Fsp3) is 0.185. The number of aryl methyl sites for hydroxylation is 1. The van der Waals surface area contributed by atoms with Gasteiger partial charge in [0.05, 0.1) is 17.0 Å². The number of carbonyl (C=O) groups is 2. The van der Waals surface area contributed by atoms with Crippen molar-refractivity contribution in [3.63, 3.8) is 0 Å². The molecule has 3 aromatic rings. The number of ether oxygens (including phenoxy) is 2. The van der Waals surface area contributed by atoms with Crippen molar-refractivity contribution in [1.82, 2.24) is 4.90 Å². The molecule has 4 rings (SSSR count). The van der Waals surface area contributed by atoms with Gasteiger partial charge in [-0.15, -0.1) is 0 Å². The Hall–Kier alpha value is -3.22. The summed E-state index contributed by atoms with van der Waals surface area (Å²) in [5.41, 5.74) is 2.84. The van der Waals surface area contributed by atoms with Crippen molar-refractivity contribution in [1.29, 1.82) is 0 Å². The van der Waals surface area contributed by atoms with Gasteiger partial charge in [-0.25, -0.2) is 0 Å². The van der Waals surface area contributed by atoms with Crippen molar-refractivity contribution < 1.29 is 19.1 Å². The van der Waals surface area contributed by atoms with E-state index >= 15 is 0 Å². The average Bonchev–Trinajstić information content (AvgIpc) is 3.11. The summed E-state index contributed by atoms with van der Waals surface area (Å²) in [6.45, 7) is 0.728. The minimum Gasteiger partial charge on any atom is -0.493 e. The Morgan fingerprint density at radius 3 is 2.32 bits per heavy atom. The number of methoxy groups -OCH3 is 1. The average molecular weight is 494 g/mol. The molecule has 0 radical (unpaired) electrons. The molecule has 1 saturated heterocycles. The molecule has 0 unspecified atom stereocenters. The van der Waals surface area contributed by atoms with Crippen LogP contribution in [-0.2, 0) is 17.8 Å². The molecule has 0 aromatic heterocycles. The zero-order valence-corrected chi connectivity index (χ0v) is 20.3. The molecule has 0 N–H and O–H groups in total. The van der Waals surface area contributed by atoms with Crippen LogP contribution in [0.5, 0.6) is 11.5 Å². The van der Waals surface area contributed by atoms with Gasteiger partial charge in [0.15, 0.2) is 11.5 Å². The van der Waals surface area contributed by atoms with Crippen LogP contribution in [0.25, 0.3) is 6.08 Å². The normalized spacial score (nSPS) is 14.6. The zero-order valence-electron chi connectivity index (χ0n) is 18.7. The molecular formula is C27H24ClNO4S. The lowest BCUT2D eigenvalue weighted by molar-refractivity contribution is -0.122. The number of hydrogen-bond donors (Lipinski definition) is 0. The van der Waals surface area contributed by atoms with Gasteiger partial charge >= 0.3 is 0 Å². The standard InChI is InChI=1S/C27H24ClNO4S/c1-32-23-16-21(15-22(28)25(23)33-18-20-11-6-3-7-12-20)17-24-26(30)29(27(31)34-24)14-8-13-19-9-4-2-5-10-19/h2-7,9-12,15-17H,8,13-14,18H2,1H3/b24-17+. The third-order valence-corrected chi connectivity index (χ3v) is 6.53. The Morgan fingerprint density at radius 2 is 1.65 bits per heavy atom. The van der Waals surface area contributed by atoms with Crippen LogP contribution in [0.2, 0.25) is 5.02 Å². The molecule has 1 aliphatic heterocycles. The highest BCUT2D eigenvalue weighted by Crippen LogP contribution is 2.39. The first kappa shape index (κ1) is 23.9. The van der Waals surface area contributed by atoms with Crippen molar-refractivity contribution in [3.8, 4) is 11.5 Å². The lowest BCUT2D eigenvalue weighted by Crippen LogP contribution is -2.29. The van der Waals surface area contributed by atoms with E-state index in [9.17, 15) is 9.59 Å². The third kappa shape index (κ3) is 5.82. The molecule has 7 heteroatoms. The van der Waals surface area contributed by atoms with Crippen LogP contribution in [0.1, 0.15) is 23.1 Å². The molecule has 5 nitrogen and oxygen atoms in total. The summed E-state index contributed by atoms with van der Waals surface area (Å²) in [6, 6.07) is 23.2. The van der Waals surface area contributed by atoms with E-state index in [1.54, 1.807) is 18.2 Å². The van der Waals surface area contributed by atoms with Crippen LogP contribution in [0.4, 0.5) is 4.79 Å². The van der Waals surface area contributed by atoms with Crippen LogP contribution in [0, 0.1) is 0 Å². The van der Waals surface area contributed by atoms with Gasteiger partial charge in [0, 0.05) is 6.54 Å². The fourth-order valence-electron chi connectivity index (χ4n) is 3.62. The lowest BCUT2D eigenvalue weighted by Gasteiger charge is -2.14. The molecular weight excluding hydrogens is 470 g/mol. The summed E-state index contributed by atoms with van der Waals surface area (Å²) in [6.07, 6.45) is 3.18. The quantitative estimate of drug-likeness (QED) is 0.314. The molecule has 0 spiro atoms. The van der Waals surface area contributed by atoms with Crippen LogP contribution in [0.3, 0.4) is 0 Å². The molecule has 0 saturated carbocycles. The molecule has 3 aromatic carbocycles. The second-order valence-electron chi connectivity index (χ2n) is 7.73. The van der Waals surface area contributed by atoms with E-state index < -0.39 is 0 Å². The fourth-order valence-corrected chi connectivity index (χ4v) is 4.76. The number of hydrogen-bond acceptors (Lipinski definition) is 5. The van der Waals surface area contributed by atoms with Gasteiger partial charge < -0.3 is 9.47 Å². The number of rotatable bonds is 9. The van der Waals surface area contributed by atoms with Crippen LogP contribution >= 0.6 is 23.4 Å². The number of nitrogens with zero attached hydrogens (tertiary/aromatic N) is 1. The Balaban J connectivity index is 1.44. The smallest absolute Gasteiger partial charge is 0.293 e. The lowest BCUT2D eigenvalue weighted by atomic mass is 10.1. The van der Waals surface area contributed by atoms with Gasteiger partial charge in [-0.05, 0) is 59.5 Å². The Bertz CT molecular complexity index is 1200. The molecule has 0 bridgehead atoms. The zero-order chi connectivity index (χ0) is 23.9. The molecule has 0 aliphatic carbocycles. The monoisotopic (exact) mass is 493 g/mol. The molecule has 1 aliphatic rings. The van der Waals surface area contributed by atoms with Crippen molar-refractivity contribution >= 4 is 40.6 Å². The van der Waals surface area contributed by atoms with E-state index in [-0.39, 0.29) is 11.1 Å². The van der Waals surface area contributed by atoms with Gasteiger partial charge in [0.2, 0.25) is 0 Å². The predicted molar refractivity (Wildman–Crippen MR) is 136 cm³/mol.